The molecular formula is C19H22O. The van der Waals surface area contributed by atoms with Gasteiger partial charge in [0.1, 0.15) is 5.78 Å². The van der Waals surface area contributed by atoms with Crippen LogP contribution in [0.1, 0.15) is 35.1 Å². The maximum Gasteiger partial charge on any atom is 0.133 e. The molecule has 0 aliphatic rings. The maximum atomic E-state index is 11.9. The molecule has 0 fully saturated rings. The zero-order chi connectivity index (χ0) is 14.4. The zero-order valence-corrected chi connectivity index (χ0v) is 12.4. The Morgan fingerprint density at radius 1 is 0.700 bits per heavy atom. The Kier molecular flexibility index (Phi) is 5.11. The molecule has 0 aliphatic carbocycles. The fraction of sp³-hybridized carbons (Fsp3) is 0.316. The van der Waals surface area contributed by atoms with E-state index in [0.717, 1.165) is 12.8 Å². The number of benzene rings is 2. The Morgan fingerprint density at radius 3 is 1.40 bits per heavy atom. The standard InChI is InChI=1S/C19H22O/c1-15-3-7-17(8-4-15)11-13-19(20)14-12-18-9-5-16(2)6-10-18/h3-10H,11-14H2,1-2H3. The first-order chi connectivity index (χ1) is 9.63. The van der Waals surface area contributed by atoms with Crippen LogP contribution >= 0.6 is 0 Å². The van der Waals surface area contributed by atoms with Crippen molar-refractivity contribution < 1.29 is 4.79 Å². The molecule has 0 amide bonds. The van der Waals surface area contributed by atoms with Gasteiger partial charge in [-0.2, -0.15) is 0 Å². The predicted octanol–water partition coefficient (Wildman–Crippen LogP) is 4.44. The number of rotatable bonds is 6. The molecule has 0 bridgehead atoms. The molecule has 0 atom stereocenters. The van der Waals surface area contributed by atoms with Crippen LogP contribution in [-0.4, -0.2) is 5.78 Å². The summed E-state index contributed by atoms with van der Waals surface area (Å²) in [6, 6.07) is 16.9. The second kappa shape index (κ2) is 7.04. The van der Waals surface area contributed by atoms with Crippen molar-refractivity contribution in [2.24, 2.45) is 0 Å². The summed E-state index contributed by atoms with van der Waals surface area (Å²) in [6.45, 7) is 4.16. The second-order valence-corrected chi connectivity index (χ2v) is 5.51. The van der Waals surface area contributed by atoms with Crippen LogP contribution < -0.4 is 0 Å². The molecule has 0 heterocycles. The van der Waals surface area contributed by atoms with Gasteiger partial charge in [0.05, 0.1) is 0 Å². The number of hydrogen-bond acceptors (Lipinski definition) is 1. The lowest BCUT2D eigenvalue weighted by Crippen LogP contribution is -2.02. The highest BCUT2D eigenvalue weighted by molar-refractivity contribution is 5.78. The molecule has 0 radical (unpaired) electrons. The van der Waals surface area contributed by atoms with Gasteiger partial charge >= 0.3 is 0 Å². The van der Waals surface area contributed by atoms with Gasteiger partial charge in [0.25, 0.3) is 0 Å². The molecule has 1 heteroatoms. The molecule has 20 heavy (non-hydrogen) atoms. The van der Waals surface area contributed by atoms with Gasteiger partial charge in [-0.05, 0) is 37.8 Å². The minimum atomic E-state index is 0.353. The molecular weight excluding hydrogens is 244 g/mol. The van der Waals surface area contributed by atoms with E-state index in [1.165, 1.54) is 22.3 Å². The first kappa shape index (κ1) is 14.5. The predicted molar refractivity (Wildman–Crippen MR) is 84.0 cm³/mol. The lowest BCUT2D eigenvalue weighted by atomic mass is 10.0. The van der Waals surface area contributed by atoms with Crippen LogP contribution in [0, 0.1) is 13.8 Å². The first-order valence-corrected chi connectivity index (χ1v) is 7.26. The number of aryl methyl sites for hydroxylation is 4. The van der Waals surface area contributed by atoms with E-state index in [1.54, 1.807) is 0 Å². The third-order valence-electron chi connectivity index (χ3n) is 3.63. The largest absolute Gasteiger partial charge is 0.300 e. The smallest absolute Gasteiger partial charge is 0.133 e. The quantitative estimate of drug-likeness (QED) is 0.755. The molecule has 1 nitrogen and oxygen atoms in total. The summed E-state index contributed by atoms with van der Waals surface area (Å²) >= 11 is 0. The van der Waals surface area contributed by atoms with Crippen LogP contribution in [-0.2, 0) is 17.6 Å². The molecule has 0 N–H and O–H groups in total. The first-order valence-electron chi connectivity index (χ1n) is 7.26. The number of hydrogen-bond donors (Lipinski definition) is 0. The van der Waals surface area contributed by atoms with Gasteiger partial charge in [-0.25, -0.2) is 0 Å². The average molecular weight is 266 g/mol. The molecule has 0 spiro atoms. The van der Waals surface area contributed by atoms with E-state index in [0.29, 0.717) is 18.6 Å². The highest BCUT2D eigenvalue weighted by Gasteiger charge is 2.04. The summed E-state index contributed by atoms with van der Waals surface area (Å²) in [4.78, 5) is 11.9. The number of carbonyl (C=O) groups excluding carboxylic acids is 1. The van der Waals surface area contributed by atoms with Gasteiger partial charge in [-0.15, -0.1) is 0 Å². The zero-order valence-electron chi connectivity index (χ0n) is 12.4. The van der Waals surface area contributed by atoms with E-state index in [-0.39, 0.29) is 0 Å². The third kappa shape index (κ3) is 4.65. The van der Waals surface area contributed by atoms with Crippen molar-refractivity contribution in [3.05, 3.63) is 70.8 Å². The van der Waals surface area contributed by atoms with Crippen molar-refractivity contribution in [3.8, 4) is 0 Å². The summed E-state index contributed by atoms with van der Waals surface area (Å²) in [5, 5.41) is 0. The van der Waals surface area contributed by atoms with Gasteiger partial charge in [0.15, 0.2) is 0 Å². The van der Waals surface area contributed by atoms with Crippen molar-refractivity contribution in [1.29, 1.82) is 0 Å². The molecule has 2 rings (SSSR count). The van der Waals surface area contributed by atoms with Crippen LogP contribution in [0.4, 0.5) is 0 Å². The second-order valence-electron chi connectivity index (χ2n) is 5.51. The number of Topliss-reactive ketones (excluding diaryl/α,β-unsaturated/α-hetero) is 1. The molecule has 2 aromatic carbocycles. The highest BCUT2D eigenvalue weighted by atomic mass is 16.1. The Bertz CT molecular complexity index is 498. The summed E-state index contributed by atoms with van der Waals surface area (Å²) in [5.74, 6) is 0.353. The van der Waals surface area contributed by atoms with Gasteiger partial charge < -0.3 is 0 Å². The van der Waals surface area contributed by atoms with Crippen LogP contribution in [0.2, 0.25) is 0 Å². The van der Waals surface area contributed by atoms with E-state index in [9.17, 15) is 4.79 Å². The van der Waals surface area contributed by atoms with Crippen molar-refractivity contribution >= 4 is 5.78 Å². The topological polar surface area (TPSA) is 17.1 Å². The molecule has 2 aromatic rings. The fourth-order valence-corrected chi connectivity index (χ4v) is 2.20. The molecule has 0 aromatic heterocycles. The lowest BCUT2D eigenvalue weighted by Gasteiger charge is -2.03. The minimum Gasteiger partial charge on any atom is -0.300 e. The van der Waals surface area contributed by atoms with Crippen LogP contribution in [0.15, 0.2) is 48.5 Å². The lowest BCUT2D eigenvalue weighted by molar-refractivity contribution is -0.119. The van der Waals surface area contributed by atoms with E-state index >= 15 is 0 Å². The minimum absolute atomic E-state index is 0.353. The molecule has 104 valence electrons. The maximum absolute atomic E-state index is 11.9. The Balaban J connectivity index is 1.75. The van der Waals surface area contributed by atoms with E-state index in [2.05, 4.69) is 62.4 Å². The molecule has 0 aliphatic heterocycles. The van der Waals surface area contributed by atoms with Crippen molar-refractivity contribution in [2.75, 3.05) is 0 Å². The number of carbonyl (C=O) groups is 1. The highest BCUT2D eigenvalue weighted by Crippen LogP contribution is 2.10. The SMILES string of the molecule is Cc1ccc(CCC(=O)CCc2ccc(C)cc2)cc1. The normalized spacial score (nSPS) is 10.5. The fourth-order valence-electron chi connectivity index (χ4n) is 2.20. The van der Waals surface area contributed by atoms with Crippen molar-refractivity contribution in [2.45, 2.75) is 39.5 Å². The Labute approximate surface area is 121 Å². The van der Waals surface area contributed by atoms with E-state index < -0.39 is 0 Å². The van der Waals surface area contributed by atoms with Gasteiger partial charge in [0, 0.05) is 12.8 Å². The van der Waals surface area contributed by atoms with Crippen LogP contribution in [0.3, 0.4) is 0 Å². The number of ketones is 1. The van der Waals surface area contributed by atoms with Crippen LogP contribution in [0.25, 0.3) is 0 Å². The van der Waals surface area contributed by atoms with Gasteiger partial charge in [-0.3, -0.25) is 4.79 Å². The summed E-state index contributed by atoms with van der Waals surface area (Å²) in [5.41, 5.74) is 5.03. The molecule has 0 saturated heterocycles. The molecule has 0 saturated carbocycles. The van der Waals surface area contributed by atoms with Crippen molar-refractivity contribution in [1.82, 2.24) is 0 Å². The van der Waals surface area contributed by atoms with Gasteiger partial charge in [-0.1, -0.05) is 59.7 Å². The van der Waals surface area contributed by atoms with Crippen molar-refractivity contribution in [3.63, 3.8) is 0 Å². The summed E-state index contributed by atoms with van der Waals surface area (Å²) in [7, 11) is 0. The Hall–Kier alpha value is -1.89. The average Bonchev–Trinajstić information content (AvgIpc) is 2.46. The molecule has 0 unspecified atom stereocenters. The monoisotopic (exact) mass is 266 g/mol. The van der Waals surface area contributed by atoms with Gasteiger partial charge in [0.2, 0.25) is 0 Å². The third-order valence-corrected chi connectivity index (χ3v) is 3.63. The van der Waals surface area contributed by atoms with Crippen LogP contribution in [0.5, 0.6) is 0 Å². The Morgan fingerprint density at radius 2 is 1.05 bits per heavy atom. The van der Waals surface area contributed by atoms with E-state index in [1.807, 2.05) is 0 Å². The summed E-state index contributed by atoms with van der Waals surface area (Å²) < 4.78 is 0. The van der Waals surface area contributed by atoms with E-state index in [4.69, 9.17) is 0 Å². The summed E-state index contributed by atoms with van der Waals surface area (Å²) in [6.07, 6.45) is 3.00.